The summed E-state index contributed by atoms with van der Waals surface area (Å²) < 4.78 is 72.8. The fourth-order valence-electron chi connectivity index (χ4n) is 4.73. The molecule has 4 heterocycles. The van der Waals surface area contributed by atoms with Crippen LogP contribution < -0.4 is 5.32 Å². The third-order valence-electron chi connectivity index (χ3n) is 7.12. The first-order valence-corrected chi connectivity index (χ1v) is 14.7. The Hall–Kier alpha value is -4.62. The molecule has 1 fully saturated rings. The highest BCUT2D eigenvalue weighted by Crippen LogP contribution is 2.30. The number of rotatable bonds is 8. The summed E-state index contributed by atoms with van der Waals surface area (Å²) in [6, 6.07) is 13.7. The minimum absolute atomic E-state index is 0.106. The number of ether oxygens (including phenoxy) is 1. The van der Waals surface area contributed by atoms with Crippen LogP contribution in [0.15, 0.2) is 78.1 Å². The molecule has 0 radical (unpaired) electrons. The molecule has 13 heteroatoms. The van der Waals surface area contributed by atoms with E-state index >= 15 is 4.39 Å². The molecule has 6 rings (SSSR count). The minimum Gasteiger partial charge on any atom is -0.377 e. The zero-order chi connectivity index (χ0) is 30.3. The molecule has 3 aromatic heterocycles. The molecule has 1 aliphatic rings. The second-order valence-electron chi connectivity index (χ2n) is 10.2. The monoisotopic (exact) mass is 607 g/mol. The number of carbonyl (C=O) groups is 1. The molecular weight excluding hydrogens is 583 g/mol. The summed E-state index contributed by atoms with van der Waals surface area (Å²) in [6.45, 7) is 2.59. The number of benzene rings is 2. The molecule has 1 aliphatic heterocycles. The van der Waals surface area contributed by atoms with Gasteiger partial charge in [0.2, 0.25) is 9.84 Å². The quantitative estimate of drug-likeness (QED) is 0.261. The molecular formula is C30H24F3N5O4S. The van der Waals surface area contributed by atoms with Gasteiger partial charge in [0.05, 0.1) is 54.0 Å². The van der Waals surface area contributed by atoms with Crippen LogP contribution in [0.5, 0.6) is 0 Å². The average Bonchev–Trinajstić information content (AvgIpc) is 3.44. The van der Waals surface area contributed by atoms with Gasteiger partial charge in [-0.1, -0.05) is 12.1 Å². The van der Waals surface area contributed by atoms with Gasteiger partial charge >= 0.3 is 5.76 Å². The predicted molar refractivity (Wildman–Crippen MR) is 152 cm³/mol. The van der Waals surface area contributed by atoms with Gasteiger partial charge in [-0.15, -0.1) is 0 Å². The van der Waals surface area contributed by atoms with E-state index in [-0.39, 0.29) is 29.1 Å². The molecule has 0 aliphatic carbocycles. The lowest BCUT2D eigenvalue weighted by molar-refractivity contribution is -0.0286. The van der Waals surface area contributed by atoms with Crippen LogP contribution in [0.2, 0.25) is 0 Å². The highest BCUT2D eigenvalue weighted by Gasteiger charge is 2.28. The van der Waals surface area contributed by atoms with Crippen LogP contribution in [-0.2, 0) is 21.1 Å². The van der Waals surface area contributed by atoms with E-state index < -0.39 is 32.2 Å². The standard InChI is InChI=1S/C30H24F3N5O4S/c1-17-7-19(9-23(8-17)43(40,41)30(32)33)29(39)35-13-21-10-25-18(11-34-21)5-6-24(28(25)31)27-4-2-3-26(37-27)20-12-36-38(14-20)22-15-42-16-22/h2-12,14,22,30H,13,15-16H2,1H3,(H,35,39). The first-order valence-electron chi connectivity index (χ1n) is 13.2. The topological polar surface area (TPSA) is 116 Å². The van der Waals surface area contributed by atoms with Crippen molar-refractivity contribution < 1.29 is 31.1 Å². The maximum Gasteiger partial charge on any atom is 0.341 e. The SMILES string of the molecule is Cc1cc(C(=O)NCc2cc3c(F)c(-c4cccc(-c5cnn(C6COC6)c5)n4)ccc3cn2)cc(S(=O)(=O)C(F)F)c1. The summed E-state index contributed by atoms with van der Waals surface area (Å²) in [4.78, 5) is 21.1. The van der Waals surface area contributed by atoms with Crippen molar-refractivity contribution in [2.45, 2.75) is 30.2 Å². The van der Waals surface area contributed by atoms with Gasteiger partial charge in [-0.25, -0.2) is 17.8 Å². The molecule has 0 unspecified atom stereocenters. The molecule has 1 amide bonds. The Balaban J connectivity index is 1.23. The maximum atomic E-state index is 15.9. The van der Waals surface area contributed by atoms with Gasteiger partial charge in [0, 0.05) is 39.9 Å². The number of hydrogen-bond donors (Lipinski definition) is 1. The highest BCUT2D eigenvalue weighted by molar-refractivity contribution is 7.91. The number of hydrogen-bond acceptors (Lipinski definition) is 7. The van der Waals surface area contributed by atoms with Crippen molar-refractivity contribution >= 4 is 26.5 Å². The summed E-state index contributed by atoms with van der Waals surface area (Å²) in [6.07, 6.45) is 5.08. The van der Waals surface area contributed by atoms with E-state index in [1.54, 1.807) is 30.5 Å². The Kier molecular flexibility index (Phi) is 7.44. The Morgan fingerprint density at radius 2 is 1.88 bits per heavy atom. The fourth-order valence-corrected chi connectivity index (χ4v) is 5.58. The van der Waals surface area contributed by atoms with Gasteiger partial charge in [-0.3, -0.25) is 14.5 Å². The molecule has 220 valence electrons. The molecule has 0 bridgehead atoms. The summed E-state index contributed by atoms with van der Waals surface area (Å²) in [7, 11) is -4.88. The zero-order valence-corrected chi connectivity index (χ0v) is 23.5. The highest BCUT2D eigenvalue weighted by atomic mass is 32.2. The average molecular weight is 608 g/mol. The molecule has 0 spiro atoms. The predicted octanol–water partition coefficient (Wildman–Crippen LogP) is 5.11. The Morgan fingerprint density at radius 3 is 2.63 bits per heavy atom. The summed E-state index contributed by atoms with van der Waals surface area (Å²) in [5.74, 6) is -4.82. The largest absolute Gasteiger partial charge is 0.377 e. The van der Waals surface area contributed by atoms with Crippen LogP contribution in [0.1, 0.15) is 27.7 Å². The van der Waals surface area contributed by atoms with Crippen molar-refractivity contribution in [2.24, 2.45) is 0 Å². The molecule has 1 N–H and O–H groups in total. The van der Waals surface area contributed by atoms with Crippen molar-refractivity contribution in [3.63, 3.8) is 0 Å². The van der Waals surface area contributed by atoms with Crippen LogP contribution in [0.4, 0.5) is 13.2 Å². The Labute approximate surface area is 244 Å². The van der Waals surface area contributed by atoms with Crippen LogP contribution in [-0.4, -0.2) is 53.0 Å². The van der Waals surface area contributed by atoms with Crippen LogP contribution in [0.3, 0.4) is 0 Å². The van der Waals surface area contributed by atoms with Gasteiger partial charge in [-0.05, 0) is 55.0 Å². The number of amides is 1. The summed E-state index contributed by atoms with van der Waals surface area (Å²) in [5.41, 5.74) is 2.70. The van der Waals surface area contributed by atoms with E-state index in [0.717, 1.165) is 17.7 Å². The zero-order valence-electron chi connectivity index (χ0n) is 22.7. The first kappa shape index (κ1) is 28.5. The van der Waals surface area contributed by atoms with Crippen molar-refractivity contribution in [3.8, 4) is 22.5 Å². The molecule has 43 heavy (non-hydrogen) atoms. The molecule has 0 saturated carbocycles. The second-order valence-corrected chi connectivity index (χ2v) is 12.1. The fraction of sp³-hybridized carbons (Fsp3) is 0.200. The van der Waals surface area contributed by atoms with E-state index in [1.807, 2.05) is 16.9 Å². The van der Waals surface area contributed by atoms with Gasteiger partial charge in [-0.2, -0.15) is 13.9 Å². The number of aromatic nitrogens is 4. The molecule has 2 aromatic carbocycles. The number of alkyl halides is 2. The third kappa shape index (κ3) is 5.60. The number of nitrogens with one attached hydrogen (secondary N) is 1. The van der Waals surface area contributed by atoms with Crippen molar-refractivity contribution in [3.05, 3.63) is 95.8 Å². The number of sulfone groups is 1. The normalized spacial score (nSPS) is 13.8. The van der Waals surface area contributed by atoms with Crippen molar-refractivity contribution in [1.29, 1.82) is 0 Å². The number of nitrogens with zero attached hydrogens (tertiary/aromatic N) is 4. The maximum absolute atomic E-state index is 15.9. The van der Waals surface area contributed by atoms with Crippen molar-refractivity contribution in [2.75, 3.05) is 13.2 Å². The molecule has 0 atom stereocenters. The molecule has 9 nitrogen and oxygen atoms in total. The number of fused-ring (bicyclic) bond motifs is 1. The van der Waals surface area contributed by atoms with Gasteiger partial charge in [0.1, 0.15) is 5.82 Å². The van der Waals surface area contributed by atoms with Crippen LogP contribution in [0.25, 0.3) is 33.3 Å². The summed E-state index contributed by atoms with van der Waals surface area (Å²) >= 11 is 0. The van der Waals surface area contributed by atoms with E-state index in [9.17, 15) is 22.0 Å². The van der Waals surface area contributed by atoms with Crippen LogP contribution in [0, 0.1) is 12.7 Å². The Morgan fingerprint density at radius 1 is 1.09 bits per heavy atom. The minimum atomic E-state index is -4.88. The van der Waals surface area contributed by atoms with Gasteiger partial charge in [0.25, 0.3) is 5.91 Å². The first-order chi connectivity index (χ1) is 20.6. The third-order valence-corrected chi connectivity index (χ3v) is 8.48. The van der Waals surface area contributed by atoms with E-state index in [1.165, 1.54) is 25.3 Å². The van der Waals surface area contributed by atoms with Crippen molar-refractivity contribution in [1.82, 2.24) is 25.1 Å². The Bertz CT molecular complexity index is 1980. The van der Waals surface area contributed by atoms with E-state index in [4.69, 9.17) is 4.74 Å². The molecule has 1 saturated heterocycles. The smallest absolute Gasteiger partial charge is 0.341 e. The van der Waals surface area contributed by atoms with Crippen LogP contribution >= 0.6 is 0 Å². The molecule has 5 aromatic rings. The van der Waals surface area contributed by atoms with Gasteiger partial charge in [0.15, 0.2) is 0 Å². The van der Waals surface area contributed by atoms with E-state index in [0.29, 0.717) is 41.2 Å². The second kappa shape index (κ2) is 11.2. The number of aryl methyl sites for hydroxylation is 1. The summed E-state index contributed by atoms with van der Waals surface area (Å²) in [5, 5.41) is 7.78. The number of halogens is 3. The lowest BCUT2D eigenvalue weighted by Crippen LogP contribution is -2.30. The number of pyridine rings is 2. The van der Waals surface area contributed by atoms with Gasteiger partial charge < -0.3 is 10.1 Å². The lowest BCUT2D eigenvalue weighted by Gasteiger charge is -2.25. The van der Waals surface area contributed by atoms with E-state index in [2.05, 4.69) is 20.4 Å². The lowest BCUT2D eigenvalue weighted by atomic mass is 10.0. The number of carbonyl (C=O) groups excluding carboxylic acids is 1.